The van der Waals surface area contributed by atoms with E-state index in [1.165, 1.54) is 0 Å². The number of nitrogens with one attached hydrogen (secondary N) is 1. The van der Waals surface area contributed by atoms with Gasteiger partial charge in [0.15, 0.2) is 0 Å². The first-order valence-electron chi connectivity index (χ1n) is 10.7. The second-order valence-corrected chi connectivity index (χ2v) is 8.01. The molecule has 1 aliphatic heterocycles. The number of aromatic nitrogens is 1. The van der Waals surface area contributed by atoms with Crippen LogP contribution >= 0.6 is 0 Å². The van der Waals surface area contributed by atoms with Gasteiger partial charge < -0.3 is 15.1 Å². The van der Waals surface area contributed by atoms with Crippen LogP contribution in [0.5, 0.6) is 0 Å². The molecule has 0 saturated carbocycles. The molecule has 6 nitrogen and oxygen atoms in total. The van der Waals surface area contributed by atoms with E-state index in [2.05, 4.69) is 10.3 Å². The van der Waals surface area contributed by atoms with Crippen molar-refractivity contribution < 1.29 is 18.4 Å². The highest BCUT2D eigenvalue weighted by Crippen LogP contribution is 2.25. The summed E-state index contributed by atoms with van der Waals surface area (Å²) < 4.78 is 27.4. The van der Waals surface area contributed by atoms with Crippen LogP contribution in [0.4, 0.5) is 19.3 Å². The van der Waals surface area contributed by atoms with E-state index >= 15 is 0 Å². The SMILES string of the molecule is CN(C(=O)Nc1ccc(-c2cc(F)ccc2F)cc1)C1CCN(C(=O)c2cccnc2)CC1. The zero-order chi connectivity index (χ0) is 23.4. The molecule has 1 fully saturated rings. The van der Waals surface area contributed by atoms with Crippen molar-refractivity contribution in [3.05, 3.63) is 84.2 Å². The maximum atomic E-state index is 14.0. The van der Waals surface area contributed by atoms with Gasteiger partial charge in [-0.05, 0) is 60.9 Å². The number of hydrogen-bond acceptors (Lipinski definition) is 3. The number of piperidine rings is 1. The molecule has 1 saturated heterocycles. The summed E-state index contributed by atoms with van der Waals surface area (Å²) in [5.74, 6) is -1.08. The quantitative estimate of drug-likeness (QED) is 0.621. The molecule has 0 radical (unpaired) electrons. The highest BCUT2D eigenvalue weighted by molar-refractivity contribution is 5.94. The molecule has 4 rings (SSSR count). The Kier molecular flexibility index (Phi) is 6.63. The first-order chi connectivity index (χ1) is 15.9. The maximum Gasteiger partial charge on any atom is 0.321 e. The molecular weight excluding hydrogens is 426 g/mol. The molecule has 1 aliphatic rings. The van der Waals surface area contributed by atoms with Gasteiger partial charge in [-0.25, -0.2) is 13.6 Å². The van der Waals surface area contributed by atoms with Crippen LogP contribution < -0.4 is 5.32 Å². The summed E-state index contributed by atoms with van der Waals surface area (Å²) in [5.41, 5.74) is 1.79. The van der Waals surface area contributed by atoms with Crippen molar-refractivity contribution >= 4 is 17.6 Å². The Morgan fingerprint density at radius 2 is 1.79 bits per heavy atom. The first kappa shape index (κ1) is 22.4. The molecule has 1 N–H and O–H groups in total. The van der Waals surface area contributed by atoms with Crippen molar-refractivity contribution in [3.8, 4) is 11.1 Å². The van der Waals surface area contributed by atoms with Crippen molar-refractivity contribution in [1.82, 2.24) is 14.8 Å². The highest BCUT2D eigenvalue weighted by Gasteiger charge is 2.28. The van der Waals surface area contributed by atoms with Crippen LogP contribution in [0.25, 0.3) is 11.1 Å². The predicted octanol–water partition coefficient (Wildman–Crippen LogP) is 4.80. The van der Waals surface area contributed by atoms with E-state index in [0.29, 0.717) is 42.7 Å². The van der Waals surface area contributed by atoms with Crippen molar-refractivity contribution in [3.63, 3.8) is 0 Å². The predicted molar refractivity (Wildman–Crippen MR) is 122 cm³/mol. The Morgan fingerprint density at radius 1 is 1.06 bits per heavy atom. The molecule has 3 amide bonds. The Morgan fingerprint density at radius 3 is 2.45 bits per heavy atom. The maximum absolute atomic E-state index is 14.0. The van der Waals surface area contributed by atoms with E-state index in [4.69, 9.17) is 0 Å². The van der Waals surface area contributed by atoms with Gasteiger partial charge in [0.2, 0.25) is 0 Å². The van der Waals surface area contributed by atoms with Gasteiger partial charge in [-0.15, -0.1) is 0 Å². The zero-order valence-electron chi connectivity index (χ0n) is 18.2. The van der Waals surface area contributed by atoms with Gasteiger partial charge in [0.25, 0.3) is 5.91 Å². The average molecular weight is 450 g/mol. The molecular formula is C25H24F2N4O2. The van der Waals surface area contributed by atoms with Crippen LogP contribution in [0.15, 0.2) is 67.0 Å². The molecule has 170 valence electrons. The smallest absolute Gasteiger partial charge is 0.321 e. The van der Waals surface area contributed by atoms with Gasteiger partial charge >= 0.3 is 6.03 Å². The average Bonchev–Trinajstić information content (AvgIpc) is 2.86. The van der Waals surface area contributed by atoms with Gasteiger partial charge in [-0.3, -0.25) is 9.78 Å². The number of halogens is 2. The topological polar surface area (TPSA) is 65.5 Å². The fourth-order valence-electron chi connectivity index (χ4n) is 3.96. The number of pyridine rings is 1. The molecule has 3 aromatic rings. The number of carbonyl (C=O) groups is 2. The van der Waals surface area contributed by atoms with Crippen LogP contribution in [-0.4, -0.2) is 52.9 Å². The summed E-state index contributed by atoms with van der Waals surface area (Å²) in [5, 5.41) is 2.83. The minimum Gasteiger partial charge on any atom is -0.338 e. The summed E-state index contributed by atoms with van der Waals surface area (Å²) >= 11 is 0. The third-order valence-electron chi connectivity index (χ3n) is 5.90. The van der Waals surface area contributed by atoms with Crippen molar-refractivity contribution in [2.24, 2.45) is 0 Å². The summed E-state index contributed by atoms with van der Waals surface area (Å²) in [6.45, 7) is 1.12. The number of anilines is 1. The second-order valence-electron chi connectivity index (χ2n) is 8.01. The van der Waals surface area contributed by atoms with E-state index in [9.17, 15) is 18.4 Å². The first-order valence-corrected chi connectivity index (χ1v) is 10.7. The van der Waals surface area contributed by atoms with Crippen molar-refractivity contribution in [1.29, 1.82) is 0 Å². The minimum absolute atomic E-state index is 0.00334. The zero-order valence-corrected chi connectivity index (χ0v) is 18.2. The normalized spacial score (nSPS) is 14.1. The van der Waals surface area contributed by atoms with Crippen molar-refractivity contribution in [2.45, 2.75) is 18.9 Å². The van der Waals surface area contributed by atoms with Crippen LogP contribution in [-0.2, 0) is 0 Å². The van der Waals surface area contributed by atoms with Crippen LogP contribution in [0.3, 0.4) is 0 Å². The Labute approximate surface area is 190 Å². The summed E-state index contributed by atoms with van der Waals surface area (Å²) in [6, 6.07) is 13.1. The number of amides is 3. The van der Waals surface area contributed by atoms with E-state index in [0.717, 1.165) is 18.2 Å². The summed E-state index contributed by atoms with van der Waals surface area (Å²) in [4.78, 5) is 32.7. The molecule has 2 aromatic carbocycles. The van der Waals surface area contributed by atoms with Gasteiger partial charge in [0.1, 0.15) is 11.6 Å². The van der Waals surface area contributed by atoms with Gasteiger partial charge in [0, 0.05) is 49.8 Å². The molecule has 33 heavy (non-hydrogen) atoms. The fourth-order valence-corrected chi connectivity index (χ4v) is 3.96. The number of likely N-dealkylation sites (tertiary alicyclic amines) is 1. The lowest BCUT2D eigenvalue weighted by molar-refractivity contribution is 0.0671. The Balaban J connectivity index is 1.33. The van der Waals surface area contributed by atoms with Crippen molar-refractivity contribution in [2.75, 3.05) is 25.5 Å². The number of nitrogens with zero attached hydrogens (tertiary/aromatic N) is 3. The highest BCUT2D eigenvalue weighted by atomic mass is 19.1. The lowest BCUT2D eigenvalue weighted by Crippen LogP contribution is -2.48. The van der Waals surface area contributed by atoms with Crippen LogP contribution in [0, 0.1) is 11.6 Å². The van der Waals surface area contributed by atoms with E-state index in [1.807, 2.05) is 0 Å². The largest absolute Gasteiger partial charge is 0.338 e. The number of urea groups is 1. The van der Waals surface area contributed by atoms with Gasteiger partial charge in [0.05, 0.1) is 5.56 Å². The standard InChI is InChI=1S/C25H24F2N4O2/c1-30(21-10-13-31(14-11-21)24(32)18-3-2-12-28-16-18)25(33)29-20-7-4-17(5-8-20)22-15-19(26)6-9-23(22)27/h2-9,12,15-16,21H,10-11,13-14H2,1H3,(H,29,33). The summed E-state index contributed by atoms with van der Waals surface area (Å²) in [6.07, 6.45) is 4.53. The third-order valence-corrected chi connectivity index (χ3v) is 5.90. The second kappa shape index (κ2) is 9.77. The van der Waals surface area contributed by atoms with E-state index < -0.39 is 11.6 Å². The number of hydrogen-bond donors (Lipinski definition) is 1. The van der Waals surface area contributed by atoms with Gasteiger partial charge in [-0.2, -0.15) is 0 Å². The number of carbonyl (C=O) groups excluding carboxylic acids is 2. The minimum atomic E-state index is -0.515. The molecule has 2 heterocycles. The van der Waals surface area contributed by atoms with Crippen LogP contribution in [0.2, 0.25) is 0 Å². The number of benzene rings is 2. The summed E-state index contributed by atoms with van der Waals surface area (Å²) in [7, 11) is 1.73. The molecule has 0 bridgehead atoms. The van der Waals surface area contributed by atoms with Gasteiger partial charge in [-0.1, -0.05) is 12.1 Å². The molecule has 0 aliphatic carbocycles. The van der Waals surface area contributed by atoms with Crippen LogP contribution in [0.1, 0.15) is 23.2 Å². The Bertz CT molecular complexity index is 1130. The Hall–Kier alpha value is -3.81. The lowest BCUT2D eigenvalue weighted by Gasteiger charge is -2.36. The number of rotatable bonds is 4. The molecule has 1 aromatic heterocycles. The van der Waals surface area contributed by atoms with E-state index in [-0.39, 0.29) is 23.5 Å². The lowest BCUT2D eigenvalue weighted by atomic mass is 10.0. The molecule has 0 atom stereocenters. The molecule has 0 spiro atoms. The van der Waals surface area contributed by atoms with E-state index in [1.54, 1.807) is 65.6 Å². The monoisotopic (exact) mass is 450 g/mol. The molecule has 8 heteroatoms. The third kappa shape index (κ3) is 5.16. The molecule has 0 unspecified atom stereocenters. The fraction of sp³-hybridized carbons (Fsp3) is 0.240.